The van der Waals surface area contributed by atoms with Crippen molar-refractivity contribution >= 4 is 11.9 Å². The van der Waals surface area contributed by atoms with E-state index in [0.717, 1.165) is 18.4 Å². The molecule has 0 fully saturated rings. The van der Waals surface area contributed by atoms with Gasteiger partial charge in [0, 0.05) is 19.6 Å². The van der Waals surface area contributed by atoms with Gasteiger partial charge in [-0.2, -0.15) is 0 Å². The topological polar surface area (TPSA) is 107 Å². The molecule has 1 unspecified atom stereocenters. The van der Waals surface area contributed by atoms with Crippen LogP contribution in [-0.4, -0.2) is 71.6 Å². The number of aliphatic hydroxyl groups excluding tert-OH is 2. The van der Waals surface area contributed by atoms with Crippen LogP contribution in [0.15, 0.2) is 12.2 Å². The molecule has 0 aliphatic rings. The molecule has 7 nitrogen and oxygen atoms in total. The SMILES string of the molecule is C=C(CC(CC(=O)O)C(=O)OCCN(CCO)CCO)CC(C)(C)CC(C)(C)CC(C)(C)C. The second-order valence-electron chi connectivity index (χ2n) is 12.1. The molecular weight excluding hydrogens is 422 g/mol. The maximum absolute atomic E-state index is 12.6. The van der Waals surface area contributed by atoms with Gasteiger partial charge in [0.15, 0.2) is 0 Å². The van der Waals surface area contributed by atoms with Crippen molar-refractivity contribution < 1.29 is 29.6 Å². The fourth-order valence-electron chi connectivity index (χ4n) is 5.41. The van der Waals surface area contributed by atoms with E-state index < -0.39 is 17.9 Å². The van der Waals surface area contributed by atoms with Crippen molar-refractivity contribution in [3.8, 4) is 0 Å². The second kappa shape index (κ2) is 14.1. The van der Waals surface area contributed by atoms with Crippen LogP contribution in [0.25, 0.3) is 0 Å². The average Bonchev–Trinajstić information content (AvgIpc) is 2.57. The number of aliphatic carboxylic acids is 1. The van der Waals surface area contributed by atoms with Crippen molar-refractivity contribution in [1.29, 1.82) is 0 Å². The molecule has 0 aliphatic heterocycles. The predicted octanol–water partition coefficient (Wildman–Crippen LogP) is 4.12. The Hall–Kier alpha value is -1.44. The molecule has 0 aromatic carbocycles. The molecule has 0 saturated carbocycles. The maximum atomic E-state index is 12.6. The van der Waals surface area contributed by atoms with E-state index in [-0.39, 0.29) is 48.9 Å². The molecule has 0 aromatic rings. The van der Waals surface area contributed by atoms with Crippen LogP contribution in [0.2, 0.25) is 0 Å². The number of rotatable bonds is 17. The molecule has 194 valence electrons. The minimum absolute atomic E-state index is 0.0292. The molecular formula is C26H49NO6. The van der Waals surface area contributed by atoms with Gasteiger partial charge >= 0.3 is 11.9 Å². The minimum atomic E-state index is -1.04. The number of carbonyl (C=O) groups excluding carboxylic acids is 1. The Balaban J connectivity index is 4.97. The number of hydrogen-bond donors (Lipinski definition) is 3. The van der Waals surface area contributed by atoms with Gasteiger partial charge in [0.1, 0.15) is 6.61 Å². The molecule has 7 heteroatoms. The summed E-state index contributed by atoms with van der Waals surface area (Å²) in [6.07, 6.45) is 2.78. The van der Waals surface area contributed by atoms with E-state index in [0.29, 0.717) is 26.1 Å². The van der Waals surface area contributed by atoms with Crippen molar-refractivity contribution in [2.45, 2.75) is 80.6 Å². The van der Waals surface area contributed by atoms with Gasteiger partial charge in [-0.05, 0) is 41.9 Å². The maximum Gasteiger partial charge on any atom is 0.309 e. The molecule has 3 N–H and O–H groups in total. The molecule has 0 radical (unpaired) electrons. The molecule has 0 aromatic heterocycles. The van der Waals surface area contributed by atoms with Gasteiger partial charge < -0.3 is 20.1 Å². The lowest BCUT2D eigenvalue weighted by Gasteiger charge is -2.39. The first-order valence-corrected chi connectivity index (χ1v) is 12.0. The summed E-state index contributed by atoms with van der Waals surface area (Å²) >= 11 is 0. The van der Waals surface area contributed by atoms with Crippen molar-refractivity contribution in [2.75, 3.05) is 39.5 Å². The van der Waals surface area contributed by atoms with Crippen LogP contribution < -0.4 is 0 Å². The third-order valence-corrected chi connectivity index (χ3v) is 5.47. The van der Waals surface area contributed by atoms with Crippen molar-refractivity contribution in [3.05, 3.63) is 12.2 Å². The third kappa shape index (κ3) is 15.9. The quantitative estimate of drug-likeness (QED) is 0.216. The largest absolute Gasteiger partial charge is 0.481 e. The second-order valence-corrected chi connectivity index (χ2v) is 12.1. The molecule has 0 spiro atoms. The van der Waals surface area contributed by atoms with Gasteiger partial charge in [-0.1, -0.05) is 60.6 Å². The Labute approximate surface area is 201 Å². The highest BCUT2D eigenvalue weighted by Gasteiger charge is 2.33. The molecule has 1 atom stereocenters. The van der Waals surface area contributed by atoms with E-state index in [1.54, 1.807) is 4.90 Å². The smallest absolute Gasteiger partial charge is 0.309 e. The lowest BCUT2D eigenvalue weighted by molar-refractivity contribution is -0.153. The van der Waals surface area contributed by atoms with E-state index in [4.69, 9.17) is 14.9 Å². The molecule has 0 heterocycles. The van der Waals surface area contributed by atoms with Gasteiger partial charge in [0.05, 0.1) is 25.6 Å². The zero-order valence-electron chi connectivity index (χ0n) is 22.1. The Bertz CT molecular complexity index is 615. The average molecular weight is 472 g/mol. The van der Waals surface area contributed by atoms with Gasteiger partial charge in [-0.15, -0.1) is 0 Å². The van der Waals surface area contributed by atoms with E-state index in [2.05, 4.69) is 55.0 Å². The van der Waals surface area contributed by atoms with Crippen LogP contribution in [0, 0.1) is 22.2 Å². The fraction of sp³-hybridized carbons (Fsp3) is 0.846. The Morgan fingerprint density at radius 1 is 0.879 bits per heavy atom. The number of carbonyl (C=O) groups is 2. The molecule has 0 saturated heterocycles. The van der Waals surface area contributed by atoms with E-state index in [9.17, 15) is 14.7 Å². The number of esters is 1. The monoisotopic (exact) mass is 471 g/mol. The summed E-state index contributed by atoms with van der Waals surface area (Å²) in [5.41, 5.74) is 1.21. The van der Waals surface area contributed by atoms with Gasteiger partial charge in [-0.3, -0.25) is 14.5 Å². The molecule has 33 heavy (non-hydrogen) atoms. The zero-order chi connectivity index (χ0) is 25.9. The summed E-state index contributed by atoms with van der Waals surface area (Å²) in [5, 5.41) is 27.4. The number of aliphatic hydroxyl groups is 2. The predicted molar refractivity (Wildman–Crippen MR) is 132 cm³/mol. The van der Waals surface area contributed by atoms with Gasteiger partial charge in [-0.25, -0.2) is 0 Å². The van der Waals surface area contributed by atoms with Crippen LogP contribution in [0.1, 0.15) is 80.6 Å². The minimum Gasteiger partial charge on any atom is -0.481 e. The van der Waals surface area contributed by atoms with Crippen LogP contribution >= 0.6 is 0 Å². The van der Waals surface area contributed by atoms with Crippen LogP contribution in [0.5, 0.6) is 0 Å². The number of carboxylic acid groups (broad SMARTS) is 1. The summed E-state index contributed by atoms with van der Waals surface area (Å²) in [7, 11) is 0. The number of hydrogen-bond acceptors (Lipinski definition) is 6. The Morgan fingerprint density at radius 3 is 1.88 bits per heavy atom. The Morgan fingerprint density at radius 2 is 1.42 bits per heavy atom. The first-order valence-electron chi connectivity index (χ1n) is 12.0. The molecule has 0 bridgehead atoms. The number of ether oxygens (including phenoxy) is 1. The summed E-state index contributed by atoms with van der Waals surface area (Å²) in [4.78, 5) is 25.7. The molecule has 0 amide bonds. The highest BCUT2D eigenvalue weighted by atomic mass is 16.5. The zero-order valence-corrected chi connectivity index (χ0v) is 22.1. The number of nitrogens with zero attached hydrogens (tertiary/aromatic N) is 1. The van der Waals surface area contributed by atoms with E-state index in [1.165, 1.54) is 0 Å². The van der Waals surface area contributed by atoms with Gasteiger partial charge in [0.2, 0.25) is 0 Å². The summed E-state index contributed by atoms with van der Waals surface area (Å²) in [6, 6.07) is 0. The van der Waals surface area contributed by atoms with Crippen molar-refractivity contribution in [2.24, 2.45) is 22.2 Å². The first kappa shape index (κ1) is 31.6. The number of carboxylic acids is 1. The summed E-state index contributed by atoms with van der Waals surface area (Å²) in [6.45, 7) is 20.9. The highest BCUT2D eigenvalue weighted by molar-refractivity contribution is 5.79. The number of allylic oxidation sites excluding steroid dienone is 1. The Kier molecular flexibility index (Phi) is 13.5. The van der Waals surface area contributed by atoms with E-state index >= 15 is 0 Å². The van der Waals surface area contributed by atoms with Crippen LogP contribution in [0.4, 0.5) is 0 Å². The fourth-order valence-corrected chi connectivity index (χ4v) is 5.41. The van der Waals surface area contributed by atoms with Crippen LogP contribution in [-0.2, 0) is 14.3 Å². The molecule has 0 aliphatic carbocycles. The standard InChI is InChI=1S/C26H49NO6/c1-20(17-25(5,6)19-26(7,8)18-24(2,3)4)15-21(16-22(30)31)23(32)33-14-11-27(9-12-28)10-13-29/h21,28-29H,1,9-19H2,2-8H3,(H,30,31). The normalized spacial score (nSPS) is 13.8. The summed E-state index contributed by atoms with van der Waals surface area (Å²) in [5.74, 6) is -2.37. The van der Waals surface area contributed by atoms with Crippen molar-refractivity contribution in [3.63, 3.8) is 0 Å². The summed E-state index contributed by atoms with van der Waals surface area (Å²) < 4.78 is 5.35. The van der Waals surface area contributed by atoms with Crippen molar-refractivity contribution in [1.82, 2.24) is 4.90 Å². The van der Waals surface area contributed by atoms with Crippen LogP contribution in [0.3, 0.4) is 0 Å². The first-order chi connectivity index (χ1) is 15.0. The lowest BCUT2D eigenvalue weighted by Crippen LogP contribution is -2.34. The molecule has 0 rings (SSSR count). The van der Waals surface area contributed by atoms with E-state index in [1.807, 2.05) is 0 Å². The third-order valence-electron chi connectivity index (χ3n) is 5.47. The van der Waals surface area contributed by atoms with Gasteiger partial charge in [0.25, 0.3) is 0 Å². The highest BCUT2D eigenvalue weighted by Crippen LogP contribution is 2.44. The lowest BCUT2D eigenvalue weighted by atomic mass is 9.66.